The summed E-state index contributed by atoms with van der Waals surface area (Å²) in [6.07, 6.45) is -2.23. The molecule has 0 aliphatic carbocycles. The number of cyclic esters (lactones) is 1. The predicted octanol–water partition coefficient (Wildman–Crippen LogP) is -5.76. The van der Waals surface area contributed by atoms with Crippen molar-refractivity contribution in [1.82, 2.24) is 56.4 Å². The smallest absolute Gasteiger partial charge is 0.583 e. The SMILES string of the molecule is CC[C@H](C)[C@H](NC(=O)CCNC(=O)CCNC(=O)[C@H](CC(C(=O)O)C(=O)O)NC(=O)CN1CCN(C(=O)CN2CCN3CC(=O)[O][Al]4[O]C(=O)CN(CC2)C[C]4(F)C3)CC1)C(=O)N[C@H]1CCc2cccc3c2N(C1=O)[C@H](C(=O)NC1CC(=O)OC1O)C3. The Kier molecular flexibility index (Phi) is 21.9. The van der Waals surface area contributed by atoms with Crippen LogP contribution < -0.4 is 36.8 Å². The Morgan fingerprint density at radius 3 is 1.97 bits per heavy atom. The van der Waals surface area contributed by atoms with E-state index in [4.69, 9.17) is 12.3 Å². The van der Waals surface area contributed by atoms with E-state index in [0.29, 0.717) is 31.6 Å². The lowest BCUT2D eigenvalue weighted by molar-refractivity contribution is -0.156. The zero-order chi connectivity index (χ0) is 62.9. The Morgan fingerprint density at radius 2 is 1.34 bits per heavy atom. The number of rotatable bonds is 23. The number of anilines is 1. The Balaban J connectivity index is 0.771. The number of piperazine rings is 1. The highest BCUT2D eigenvalue weighted by Crippen LogP contribution is 2.39. The van der Waals surface area contributed by atoms with Crippen LogP contribution in [0.2, 0.25) is 0 Å². The molecule has 87 heavy (non-hydrogen) atoms. The van der Waals surface area contributed by atoms with Crippen LogP contribution in [0.4, 0.5) is 10.1 Å². The number of esters is 1. The standard InChI is InChI=1S/C54H76FN12O19.Al/c1-3-30(2)46(50(79)59-35-8-7-31-5-4-6-32-21-38(67(47(31)32)51(35)80)49(78)60-37-23-45(76)86-54(37)85)61-40(69)10-11-56-39(68)9-12-57-48(77)36(22-34(52(81)82)53(83)84)58-41(70)26-62-17-19-66(20-18-62)42(71)27-63-13-15-64(28-43(72)73)24-33(55)25-65(16-14-63)29-44(74)75;/h4-6,30,34-38,46,54,85H,3,7-29H2,1-2H3,(H,56,68)(H,57,77)(H,58,70)(H,59,79)(H,60,78)(H,61,69)(H,72,73)(H,74,75)(H,81,82)(H,83,84);/q;+2/p-2/t30-,35-,36-,37?,38-,46-,54?;/m0./s1. The first-order chi connectivity index (χ1) is 41.4. The van der Waals surface area contributed by atoms with E-state index in [9.17, 15) is 77.6 Å². The van der Waals surface area contributed by atoms with Crippen molar-refractivity contribution in [2.45, 2.75) is 106 Å². The number of para-hydroxylation sites is 1. The van der Waals surface area contributed by atoms with E-state index < -0.39 is 145 Å². The van der Waals surface area contributed by atoms with Crippen LogP contribution in [0.1, 0.15) is 63.5 Å². The number of hydrogen-bond acceptors (Lipinski definition) is 21. The van der Waals surface area contributed by atoms with Crippen molar-refractivity contribution in [3.05, 3.63) is 29.3 Å². The van der Waals surface area contributed by atoms with E-state index >= 15 is 4.39 Å². The molecule has 9 N–H and O–H groups in total. The zero-order valence-corrected chi connectivity index (χ0v) is 49.5. The highest BCUT2D eigenvalue weighted by atomic mass is 27.2. The Hall–Kier alpha value is -7.41. The molecule has 0 saturated carbocycles. The summed E-state index contributed by atoms with van der Waals surface area (Å²) >= 11 is -3.34. The first kappa shape index (κ1) is 65.6. The lowest BCUT2D eigenvalue weighted by Gasteiger charge is -2.37. The van der Waals surface area contributed by atoms with Crippen molar-refractivity contribution in [3.63, 3.8) is 0 Å². The van der Waals surface area contributed by atoms with Crippen molar-refractivity contribution in [2.24, 2.45) is 11.8 Å². The summed E-state index contributed by atoms with van der Waals surface area (Å²) in [5.74, 6) is -13.2. The molecule has 7 aliphatic heterocycles. The summed E-state index contributed by atoms with van der Waals surface area (Å²) in [4.78, 5) is 179. The van der Waals surface area contributed by atoms with Crippen LogP contribution in [-0.4, -0.2) is 277 Å². The Labute approximate surface area is 503 Å². The number of aliphatic hydroxyl groups excluding tert-OH is 1. The zero-order valence-electron chi connectivity index (χ0n) is 48.3. The van der Waals surface area contributed by atoms with Gasteiger partial charge in [0, 0.05) is 104 Å². The maximum atomic E-state index is 16.3. The molecule has 31 nitrogen and oxygen atoms in total. The number of aliphatic carboxylic acids is 2. The van der Waals surface area contributed by atoms with Crippen molar-refractivity contribution >= 4 is 97.6 Å². The molecule has 5 saturated heterocycles. The summed E-state index contributed by atoms with van der Waals surface area (Å²) in [6, 6.07) is -0.585. The largest absolute Gasteiger partial charge is 0.905 e. The molecule has 0 spiro atoms. The fraction of sp³-hybridized carbons (Fsp3) is 0.648. The van der Waals surface area contributed by atoms with Crippen molar-refractivity contribution in [3.8, 4) is 0 Å². The van der Waals surface area contributed by atoms with Crippen LogP contribution in [-0.2, 0) is 87.5 Å². The molecule has 3 bridgehead atoms. The number of benzene rings is 1. The van der Waals surface area contributed by atoms with Crippen LogP contribution in [0.25, 0.3) is 0 Å². The first-order valence-electron chi connectivity index (χ1n) is 29.1. The molecule has 1 aromatic rings. The van der Waals surface area contributed by atoms with Gasteiger partial charge in [-0.1, -0.05) is 38.5 Å². The second-order valence-corrected chi connectivity index (χ2v) is 25.2. The molecule has 474 valence electrons. The summed E-state index contributed by atoms with van der Waals surface area (Å²) < 4.78 is 29.7. The number of nitrogens with zero attached hydrogens (tertiary/aromatic N) is 6. The monoisotopic (exact) mass is 1240 g/mol. The maximum absolute atomic E-state index is 16.3. The van der Waals surface area contributed by atoms with Crippen molar-refractivity contribution < 1.29 is 94.4 Å². The average molecular weight is 1240 g/mol. The number of aliphatic hydroxyl groups is 1. The van der Waals surface area contributed by atoms with Crippen LogP contribution >= 0.6 is 0 Å². The van der Waals surface area contributed by atoms with Gasteiger partial charge < -0.3 is 64.4 Å². The number of amides is 8. The molecule has 9 atom stereocenters. The lowest BCUT2D eigenvalue weighted by atomic mass is 9.97. The van der Waals surface area contributed by atoms with Gasteiger partial charge in [0.15, 0.2) is 10.4 Å². The molecule has 0 aromatic heterocycles. The molecule has 7 heterocycles. The fourth-order valence-corrected chi connectivity index (χ4v) is 13.7. The second-order valence-electron chi connectivity index (χ2n) is 23.0. The molecular formula is C54H74AlFN12O19. The second kappa shape index (κ2) is 29.1. The molecule has 5 fully saturated rings. The van der Waals surface area contributed by atoms with E-state index in [0.717, 1.165) is 11.1 Å². The van der Waals surface area contributed by atoms with E-state index in [-0.39, 0.29) is 130 Å². The van der Waals surface area contributed by atoms with E-state index in [1.165, 1.54) is 4.90 Å². The number of carbonyl (C=O) groups is 13. The number of fused-ring (bicyclic) bond motifs is 2. The minimum absolute atomic E-state index is 0.0310. The highest BCUT2D eigenvalue weighted by Gasteiger charge is 2.64. The van der Waals surface area contributed by atoms with Gasteiger partial charge in [-0.25, -0.2) is 4.39 Å². The van der Waals surface area contributed by atoms with Gasteiger partial charge in [0.05, 0.1) is 38.3 Å². The number of carboxylic acids is 2. The molecule has 4 unspecified atom stereocenters. The first-order valence-corrected chi connectivity index (χ1v) is 30.7. The Morgan fingerprint density at radius 1 is 0.736 bits per heavy atom. The third-order valence-corrected chi connectivity index (χ3v) is 18.9. The van der Waals surface area contributed by atoms with Gasteiger partial charge >= 0.3 is 32.7 Å². The number of ether oxygens (including phenoxy) is 1. The molecular weight excluding hydrogens is 1170 g/mol. The van der Waals surface area contributed by atoms with Crippen LogP contribution in [0.3, 0.4) is 0 Å². The van der Waals surface area contributed by atoms with E-state index in [1.807, 2.05) is 11.0 Å². The number of aryl methyl sites for hydroxylation is 1. The molecule has 8 amide bonds. The van der Waals surface area contributed by atoms with E-state index in [1.54, 1.807) is 45.6 Å². The molecule has 33 heteroatoms. The topological polar surface area (TPSA) is 402 Å². The minimum Gasteiger partial charge on any atom is -0.583 e. The lowest BCUT2D eigenvalue weighted by Crippen LogP contribution is -2.59. The van der Waals surface area contributed by atoms with Gasteiger partial charge in [-0.2, -0.15) is 0 Å². The van der Waals surface area contributed by atoms with Gasteiger partial charge in [-0.15, -0.1) is 0 Å². The fourth-order valence-electron chi connectivity index (χ4n) is 11.7. The van der Waals surface area contributed by atoms with E-state index in [2.05, 4.69) is 31.9 Å². The minimum atomic E-state index is -3.34. The summed E-state index contributed by atoms with van der Waals surface area (Å²) in [7, 11) is 0. The van der Waals surface area contributed by atoms with Gasteiger partial charge in [0.25, 0.3) is 11.9 Å². The summed E-state index contributed by atoms with van der Waals surface area (Å²) in [5, 5.41) is 44.8. The predicted molar refractivity (Wildman–Crippen MR) is 296 cm³/mol. The van der Waals surface area contributed by atoms with Gasteiger partial charge in [-0.05, 0) is 29.9 Å². The number of alkyl halides is 1. The molecule has 1 aromatic carbocycles. The van der Waals surface area contributed by atoms with Crippen LogP contribution in [0.5, 0.6) is 0 Å². The number of hydrogen-bond donors (Lipinski definition) is 9. The third-order valence-electron chi connectivity index (χ3n) is 16.7. The number of halogens is 1. The van der Waals surface area contributed by atoms with Gasteiger partial charge in [-0.3, -0.25) is 86.8 Å². The van der Waals surface area contributed by atoms with Crippen molar-refractivity contribution in [1.29, 1.82) is 0 Å². The normalized spacial score (nSPS) is 25.8. The van der Waals surface area contributed by atoms with Gasteiger partial charge in [0.2, 0.25) is 53.5 Å². The highest BCUT2D eigenvalue weighted by molar-refractivity contribution is 6.53. The molecule has 0 radical (unpaired) electrons. The number of carboxylic acid groups (broad SMARTS) is 2. The third kappa shape index (κ3) is 16.8. The van der Waals surface area contributed by atoms with Gasteiger partial charge in [0.1, 0.15) is 30.2 Å². The maximum Gasteiger partial charge on any atom is 0.905 e. The summed E-state index contributed by atoms with van der Waals surface area (Å²) in [6.45, 7) is 3.80. The quantitative estimate of drug-likeness (QED) is 0.0280. The molecule has 7 aliphatic rings. The van der Waals surface area contributed by atoms with Crippen LogP contribution in [0.15, 0.2) is 18.2 Å². The summed E-state index contributed by atoms with van der Waals surface area (Å²) in [5.41, 5.74) is 2.05. The number of carbonyl (C=O) groups excluding carboxylic acids is 11. The van der Waals surface area contributed by atoms with Crippen LogP contribution in [0, 0.1) is 11.8 Å². The Bertz CT molecular complexity index is 2820. The number of nitrogens with one attached hydrogen (secondary N) is 6. The van der Waals surface area contributed by atoms with Crippen molar-refractivity contribution in [2.75, 3.05) is 110 Å². The molecule has 8 rings (SSSR count). The average Bonchev–Trinajstić information content (AvgIpc) is 1.78.